The number of hydrogen-bond acceptors (Lipinski definition) is 7. The van der Waals surface area contributed by atoms with Crippen LogP contribution in [0.1, 0.15) is 25.7 Å². The first kappa shape index (κ1) is 22.8. The molecule has 9 N–H and O–H groups in total. The topological polar surface area (TPSA) is 239 Å². The summed E-state index contributed by atoms with van der Waals surface area (Å²) >= 11 is 0. The van der Waals surface area contributed by atoms with Crippen LogP contribution in [0, 0.1) is 0 Å². The molecule has 0 saturated heterocycles. The highest BCUT2D eigenvalue weighted by Crippen LogP contribution is 2.01. The molecule has 0 radical (unpaired) electrons. The number of carbonyl (C=O) groups excluding carboxylic acids is 3. The summed E-state index contributed by atoms with van der Waals surface area (Å²) in [5, 5.41) is 30.0. The molecule has 0 spiro atoms. The van der Waals surface area contributed by atoms with Gasteiger partial charge in [-0.2, -0.15) is 0 Å². The number of carbonyl (C=O) groups is 6. The maximum Gasteiger partial charge on any atom is 0.326 e. The maximum absolute atomic E-state index is 12.1. The third-order valence-electron chi connectivity index (χ3n) is 3.04. The number of amides is 3. The number of primary amides is 1. The summed E-state index contributed by atoms with van der Waals surface area (Å²) in [7, 11) is 0. The fraction of sp³-hybridized carbons (Fsp3) is 0.538. The Morgan fingerprint density at radius 2 is 1.35 bits per heavy atom. The monoisotopic (exact) mass is 376 g/mol. The number of carboxylic acid groups (broad SMARTS) is 3. The molecule has 0 saturated carbocycles. The van der Waals surface area contributed by atoms with Crippen molar-refractivity contribution in [2.75, 3.05) is 0 Å². The van der Waals surface area contributed by atoms with Crippen LogP contribution in [0.4, 0.5) is 0 Å². The van der Waals surface area contributed by atoms with E-state index in [0.29, 0.717) is 0 Å². The molecule has 3 amide bonds. The van der Waals surface area contributed by atoms with Gasteiger partial charge in [0.2, 0.25) is 17.7 Å². The van der Waals surface area contributed by atoms with Crippen LogP contribution in [0.15, 0.2) is 0 Å². The summed E-state index contributed by atoms with van der Waals surface area (Å²) < 4.78 is 0. The van der Waals surface area contributed by atoms with Crippen molar-refractivity contribution in [1.29, 1.82) is 0 Å². The zero-order chi connectivity index (χ0) is 20.4. The minimum atomic E-state index is -1.80. The standard InChI is InChI=1S/C13H20N4O9/c14-5(1-2-9(19)20)11(23)16-6(3-8(15)18)12(24)17-7(13(25)26)4-10(21)22/h5-7H,1-4,14H2,(H2,15,18)(H,16,23)(H,17,24)(H,19,20)(H,21,22)(H,25,26). The van der Waals surface area contributed by atoms with Gasteiger partial charge < -0.3 is 37.4 Å². The summed E-state index contributed by atoms with van der Waals surface area (Å²) in [6.45, 7) is 0. The normalized spacial score (nSPS) is 13.7. The van der Waals surface area contributed by atoms with Crippen molar-refractivity contribution in [1.82, 2.24) is 10.6 Å². The Kier molecular flexibility index (Phi) is 9.29. The van der Waals surface area contributed by atoms with Crippen molar-refractivity contribution in [2.24, 2.45) is 11.5 Å². The van der Waals surface area contributed by atoms with Gasteiger partial charge in [0.15, 0.2) is 0 Å². The Balaban J connectivity index is 5.05. The van der Waals surface area contributed by atoms with Gasteiger partial charge in [-0.3, -0.25) is 24.0 Å². The van der Waals surface area contributed by atoms with Gasteiger partial charge >= 0.3 is 17.9 Å². The highest BCUT2D eigenvalue weighted by molar-refractivity contribution is 5.95. The largest absolute Gasteiger partial charge is 0.481 e. The lowest BCUT2D eigenvalue weighted by Crippen LogP contribution is -2.55. The minimum absolute atomic E-state index is 0.247. The van der Waals surface area contributed by atoms with E-state index in [0.717, 1.165) is 0 Å². The van der Waals surface area contributed by atoms with Crippen LogP contribution in [-0.4, -0.2) is 69.1 Å². The molecule has 3 atom stereocenters. The van der Waals surface area contributed by atoms with E-state index >= 15 is 0 Å². The molecule has 0 aliphatic heterocycles. The van der Waals surface area contributed by atoms with E-state index in [1.807, 2.05) is 5.32 Å². The first-order valence-corrected chi connectivity index (χ1v) is 7.25. The predicted molar refractivity (Wildman–Crippen MR) is 82.4 cm³/mol. The zero-order valence-corrected chi connectivity index (χ0v) is 13.5. The van der Waals surface area contributed by atoms with E-state index in [2.05, 4.69) is 5.32 Å². The van der Waals surface area contributed by atoms with E-state index in [4.69, 9.17) is 26.8 Å². The molecule has 13 nitrogen and oxygen atoms in total. The molecule has 0 aliphatic rings. The van der Waals surface area contributed by atoms with Gasteiger partial charge in [0.25, 0.3) is 0 Å². The fourth-order valence-corrected chi connectivity index (χ4v) is 1.75. The van der Waals surface area contributed by atoms with Crippen molar-refractivity contribution >= 4 is 35.6 Å². The second-order valence-corrected chi connectivity index (χ2v) is 5.27. The highest BCUT2D eigenvalue weighted by Gasteiger charge is 2.30. The number of hydrogen-bond donors (Lipinski definition) is 7. The van der Waals surface area contributed by atoms with Crippen molar-refractivity contribution in [2.45, 2.75) is 43.8 Å². The minimum Gasteiger partial charge on any atom is -0.481 e. The Morgan fingerprint density at radius 1 is 0.808 bits per heavy atom. The molecule has 146 valence electrons. The average molecular weight is 376 g/mol. The van der Waals surface area contributed by atoms with Crippen molar-refractivity contribution in [3.05, 3.63) is 0 Å². The SMILES string of the molecule is NC(=O)CC(NC(=O)C(N)CCC(=O)O)C(=O)NC(CC(=O)O)C(=O)O. The van der Waals surface area contributed by atoms with Crippen LogP contribution in [-0.2, 0) is 28.8 Å². The van der Waals surface area contributed by atoms with Crippen molar-refractivity contribution in [3.63, 3.8) is 0 Å². The van der Waals surface area contributed by atoms with Gasteiger partial charge in [0.1, 0.15) is 12.1 Å². The van der Waals surface area contributed by atoms with Gasteiger partial charge in [-0.1, -0.05) is 0 Å². The molecule has 0 aromatic rings. The van der Waals surface area contributed by atoms with E-state index in [1.165, 1.54) is 0 Å². The smallest absolute Gasteiger partial charge is 0.326 e. The van der Waals surface area contributed by atoms with E-state index in [-0.39, 0.29) is 6.42 Å². The number of nitrogens with one attached hydrogen (secondary N) is 2. The van der Waals surface area contributed by atoms with Crippen LogP contribution in [0.25, 0.3) is 0 Å². The zero-order valence-electron chi connectivity index (χ0n) is 13.5. The first-order chi connectivity index (χ1) is 11.9. The molecule has 3 unspecified atom stereocenters. The number of carboxylic acids is 3. The van der Waals surface area contributed by atoms with Crippen LogP contribution in [0.5, 0.6) is 0 Å². The number of aliphatic carboxylic acids is 3. The molecule has 0 aliphatic carbocycles. The summed E-state index contributed by atoms with van der Waals surface area (Å²) in [6.07, 6.45) is -2.30. The lowest BCUT2D eigenvalue weighted by molar-refractivity contribution is -0.147. The molecule has 13 heteroatoms. The predicted octanol–water partition coefficient (Wildman–Crippen LogP) is -3.42. The molecule has 0 fully saturated rings. The summed E-state index contributed by atoms with van der Waals surface area (Å²) in [4.78, 5) is 67.0. The van der Waals surface area contributed by atoms with Crippen LogP contribution in [0.3, 0.4) is 0 Å². The summed E-state index contributed by atoms with van der Waals surface area (Å²) in [5.41, 5.74) is 10.4. The van der Waals surface area contributed by atoms with Crippen molar-refractivity contribution < 1.29 is 44.1 Å². The van der Waals surface area contributed by atoms with Gasteiger partial charge in [-0.15, -0.1) is 0 Å². The Morgan fingerprint density at radius 3 is 1.77 bits per heavy atom. The molecular formula is C13H20N4O9. The lowest BCUT2D eigenvalue weighted by Gasteiger charge is -2.21. The van der Waals surface area contributed by atoms with Crippen LogP contribution in [0.2, 0.25) is 0 Å². The van der Waals surface area contributed by atoms with E-state index < -0.39 is 73.0 Å². The summed E-state index contributed by atoms with van der Waals surface area (Å²) in [6, 6.07) is -4.71. The third kappa shape index (κ3) is 9.17. The second-order valence-electron chi connectivity index (χ2n) is 5.27. The maximum atomic E-state index is 12.1. The molecule has 0 heterocycles. The summed E-state index contributed by atoms with van der Waals surface area (Å²) in [5.74, 6) is -7.45. The molecule has 26 heavy (non-hydrogen) atoms. The Labute approximate surface area is 146 Å². The Bertz CT molecular complexity index is 592. The number of rotatable bonds is 12. The third-order valence-corrected chi connectivity index (χ3v) is 3.04. The highest BCUT2D eigenvalue weighted by atomic mass is 16.4. The van der Waals surface area contributed by atoms with E-state index in [9.17, 15) is 28.8 Å². The molecular weight excluding hydrogens is 356 g/mol. The van der Waals surface area contributed by atoms with Crippen LogP contribution < -0.4 is 22.1 Å². The molecule has 0 rings (SSSR count). The average Bonchev–Trinajstić information content (AvgIpc) is 2.49. The molecule has 0 bridgehead atoms. The van der Waals surface area contributed by atoms with Gasteiger partial charge in [0.05, 0.1) is 18.9 Å². The second kappa shape index (κ2) is 10.6. The lowest BCUT2D eigenvalue weighted by atomic mass is 10.1. The number of nitrogens with two attached hydrogens (primary N) is 2. The van der Waals surface area contributed by atoms with Gasteiger partial charge in [-0.25, -0.2) is 4.79 Å². The molecule has 0 aromatic carbocycles. The quantitative estimate of drug-likeness (QED) is 0.178. The van der Waals surface area contributed by atoms with E-state index in [1.54, 1.807) is 0 Å². The molecule has 0 aromatic heterocycles. The van der Waals surface area contributed by atoms with Crippen molar-refractivity contribution in [3.8, 4) is 0 Å². The van der Waals surface area contributed by atoms with Gasteiger partial charge in [-0.05, 0) is 6.42 Å². The van der Waals surface area contributed by atoms with Crippen LogP contribution >= 0.6 is 0 Å². The first-order valence-electron chi connectivity index (χ1n) is 7.25. The van der Waals surface area contributed by atoms with Gasteiger partial charge in [0, 0.05) is 6.42 Å². The Hall–Kier alpha value is -3.22. The fourth-order valence-electron chi connectivity index (χ4n) is 1.75.